The van der Waals surface area contributed by atoms with E-state index >= 15 is 0 Å². The number of esters is 1. The van der Waals surface area contributed by atoms with Crippen molar-refractivity contribution < 1.29 is 37.0 Å². The third-order valence-electron chi connectivity index (χ3n) is 5.31. The molecule has 4 nitrogen and oxygen atoms in total. The van der Waals surface area contributed by atoms with E-state index < -0.39 is 34.5 Å². The molecular weight excluding hydrogens is 428 g/mol. The molecule has 0 aliphatic heterocycles. The summed E-state index contributed by atoms with van der Waals surface area (Å²) in [7, 11) is 1.23. The van der Waals surface area contributed by atoms with Crippen LogP contribution < -0.4 is 0 Å². The molecule has 1 aliphatic rings. The highest BCUT2D eigenvalue weighted by Gasteiger charge is 2.47. The van der Waals surface area contributed by atoms with Gasteiger partial charge in [-0.25, -0.2) is 9.18 Å². The molecule has 0 unspecified atom stereocenters. The van der Waals surface area contributed by atoms with Crippen molar-refractivity contribution >= 4 is 17.8 Å². The van der Waals surface area contributed by atoms with E-state index in [9.17, 15) is 32.3 Å². The summed E-state index contributed by atoms with van der Waals surface area (Å²) in [6.45, 7) is 4.97. The number of ketones is 1. The molecule has 0 fully saturated rings. The number of benzene rings is 1. The Bertz CT molecular complexity index is 1030. The van der Waals surface area contributed by atoms with Crippen LogP contribution in [0.5, 0.6) is 0 Å². The van der Waals surface area contributed by atoms with Gasteiger partial charge in [-0.3, -0.25) is 4.79 Å². The molecule has 1 aromatic carbocycles. The second-order valence-corrected chi connectivity index (χ2v) is 8.21. The van der Waals surface area contributed by atoms with E-state index in [0.29, 0.717) is 11.6 Å². The van der Waals surface area contributed by atoms with Gasteiger partial charge in [0.2, 0.25) is 0 Å². The maximum atomic E-state index is 14.2. The Kier molecular flexibility index (Phi) is 7.29. The molecule has 1 N–H and O–H groups in total. The summed E-state index contributed by atoms with van der Waals surface area (Å²) in [5, 5.41) is 11.5. The van der Waals surface area contributed by atoms with Crippen molar-refractivity contribution in [1.29, 1.82) is 0 Å². The first-order chi connectivity index (χ1) is 14.7. The van der Waals surface area contributed by atoms with Crippen LogP contribution in [0, 0.1) is 11.2 Å². The molecule has 0 heterocycles. The zero-order valence-electron chi connectivity index (χ0n) is 18.1. The van der Waals surface area contributed by atoms with Crippen molar-refractivity contribution in [3.63, 3.8) is 0 Å². The number of carbonyl (C=O) groups excluding carboxylic acids is 2. The highest BCUT2D eigenvalue weighted by atomic mass is 19.4. The lowest BCUT2D eigenvalue weighted by Gasteiger charge is -2.44. The molecule has 2 rings (SSSR count). The van der Waals surface area contributed by atoms with E-state index in [1.54, 1.807) is 20.8 Å². The topological polar surface area (TPSA) is 63.6 Å². The van der Waals surface area contributed by atoms with Gasteiger partial charge in [0.05, 0.1) is 12.7 Å². The van der Waals surface area contributed by atoms with Crippen LogP contribution in [0.1, 0.15) is 38.3 Å². The van der Waals surface area contributed by atoms with E-state index in [0.717, 1.165) is 12.1 Å². The van der Waals surface area contributed by atoms with Gasteiger partial charge in [-0.1, -0.05) is 38.1 Å². The van der Waals surface area contributed by atoms with Gasteiger partial charge in [-0.05, 0) is 42.4 Å². The maximum absolute atomic E-state index is 14.2. The summed E-state index contributed by atoms with van der Waals surface area (Å²) in [6.07, 6.45) is 3.21. The fourth-order valence-electron chi connectivity index (χ4n) is 3.36. The predicted molar refractivity (Wildman–Crippen MR) is 112 cm³/mol. The summed E-state index contributed by atoms with van der Waals surface area (Å²) in [5.41, 5.74) is -3.27. The van der Waals surface area contributed by atoms with Crippen LogP contribution in [0.3, 0.4) is 0 Å². The van der Waals surface area contributed by atoms with Gasteiger partial charge in [0, 0.05) is 23.5 Å². The molecule has 32 heavy (non-hydrogen) atoms. The van der Waals surface area contributed by atoms with Crippen LogP contribution in [0.4, 0.5) is 17.6 Å². The lowest BCUT2D eigenvalue weighted by molar-refractivity contribution is -0.138. The number of hydrogen-bond acceptors (Lipinski definition) is 4. The minimum Gasteiger partial charge on any atom is -0.466 e. The normalized spacial score (nSPS) is 21.8. The molecule has 172 valence electrons. The fourth-order valence-corrected chi connectivity index (χ4v) is 3.36. The van der Waals surface area contributed by atoms with Crippen molar-refractivity contribution in [2.75, 3.05) is 7.11 Å². The largest absolute Gasteiger partial charge is 0.466 e. The standard InChI is InChI=1S/C24H24F4O4/c1-15(11-21(30)32-4)9-10-23(31)17(12-19(29)14-22(23,2)3)7-5-16-6-8-18(13-20(16)25)24(26,27)28/h5-13,31H,14H2,1-4H3/b7-5+,10-9+,15-11-/t23-/m1/s1. The maximum Gasteiger partial charge on any atom is 0.416 e. The first-order valence-electron chi connectivity index (χ1n) is 9.67. The number of aliphatic hydroxyl groups is 1. The number of halogens is 4. The Balaban J connectivity index is 2.46. The summed E-state index contributed by atoms with van der Waals surface area (Å²) in [4.78, 5) is 23.6. The third-order valence-corrected chi connectivity index (χ3v) is 5.31. The molecule has 1 atom stereocenters. The van der Waals surface area contributed by atoms with Crippen LogP contribution in [-0.4, -0.2) is 29.6 Å². The molecule has 0 amide bonds. The zero-order valence-corrected chi connectivity index (χ0v) is 18.1. The van der Waals surface area contributed by atoms with E-state index in [1.165, 1.54) is 43.6 Å². The number of carbonyl (C=O) groups is 2. The lowest BCUT2D eigenvalue weighted by Crippen LogP contribution is -2.48. The zero-order chi connectivity index (χ0) is 24.3. The summed E-state index contributed by atoms with van der Waals surface area (Å²) in [6, 6.07) is 2.11. The molecule has 1 aromatic rings. The van der Waals surface area contributed by atoms with Crippen LogP contribution in [0.2, 0.25) is 0 Å². The molecule has 0 saturated heterocycles. The Morgan fingerprint density at radius 1 is 1.22 bits per heavy atom. The molecular formula is C24H24F4O4. The van der Waals surface area contributed by atoms with Gasteiger partial charge in [0.15, 0.2) is 5.78 Å². The van der Waals surface area contributed by atoms with Gasteiger partial charge in [0.1, 0.15) is 11.4 Å². The summed E-state index contributed by atoms with van der Waals surface area (Å²) < 4.78 is 57.0. The Morgan fingerprint density at radius 3 is 2.44 bits per heavy atom. The number of methoxy groups -OCH3 is 1. The number of rotatable bonds is 5. The van der Waals surface area contributed by atoms with Gasteiger partial charge in [-0.2, -0.15) is 13.2 Å². The minimum atomic E-state index is -4.67. The van der Waals surface area contributed by atoms with Gasteiger partial charge in [0.25, 0.3) is 0 Å². The van der Waals surface area contributed by atoms with Crippen LogP contribution >= 0.6 is 0 Å². The smallest absolute Gasteiger partial charge is 0.416 e. The number of hydrogen-bond donors (Lipinski definition) is 1. The quantitative estimate of drug-likeness (QED) is 0.289. The second-order valence-electron chi connectivity index (χ2n) is 8.21. The number of ether oxygens (including phenoxy) is 1. The van der Waals surface area contributed by atoms with Crippen molar-refractivity contribution in [2.24, 2.45) is 5.41 Å². The Hall–Kier alpha value is -3.00. The minimum absolute atomic E-state index is 0.0274. The first kappa shape index (κ1) is 25.3. The molecule has 0 saturated carbocycles. The SMILES string of the molecule is COC(=O)/C=C(C)\C=C\[C@@]1(O)C(/C=C/c2ccc(C(F)(F)F)cc2F)=CC(=O)CC1(C)C. The van der Waals surface area contributed by atoms with Gasteiger partial charge in [-0.15, -0.1) is 0 Å². The van der Waals surface area contributed by atoms with E-state index in [4.69, 9.17) is 0 Å². The van der Waals surface area contributed by atoms with Gasteiger partial charge < -0.3 is 9.84 Å². The molecule has 0 radical (unpaired) electrons. The average Bonchev–Trinajstić information content (AvgIpc) is 2.67. The number of alkyl halides is 3. The molecule has 8 heteroatoms. The fraction of sp³-hybridized carbons (Fsp3) is 0.333. The van der Waals surface area contributed by atoms with Crippen LogP contribution in [0.25, 0.3) is 6.08 Å². The van der Waals surface area contributed by atoms with Crippen molar-refractivity contribution in [1.82, 2.24) is 0 Å². The first-order valence-corrected chi connectivity index (χ1v) is 9.67. The summed E-state index contributed by atoms with van der Waals surface area (Å²) >= 11 is 0. The Morgan fingerprint density at radius 2 is 1.88 bits per heavy atom. The molecule has 0 aromatic heterocycles. The van der Waals surface area contributed by atoms with Crippen molar-refractivity contribution in [3.05, 3.63) is 76.7 Å². The van der Waals surface area contributed by atoms with E-state index in [1.807, 2.05) is 0 Å². The lowest BCUT2D eigenvalue weighted by atomic mass is 9.64. The van der Waals surface area contributed by atoms with Crippen LogP contribution in [0.15, 0.2) is 59.7 Å². The predicted octanol–water partition coefficient (Wildman–Crippen LogP) is 5.19. The van der Waals surface area contributed by atoms with Crippen molar-refractivity contribution in [3.8, 4) is 0 Å². The summed E-state index contributed by atoms with van der Waals surface area (Å²) in [5.74, 6) is -1.93. The van der Waals surface area contributed by atoms with Gasteiger partial charge >= 0.3 is 12.1 Å². The highest BCUT2D eigenvalue weighted by Crippen LogP contribution is 2.45. The average molecular weight is 452 g/mol. The highest BCUT2D eigenvalue weighted by molar-refractivity contribution is 5.94. The monoisotopic (exact) mass is 452 g/mol. The molecule has 0 bridgehead atoms. The second kappa shape index (κ2) is 9.24. The molecule has 1 aliphatic carbocycles. The van der Waals surface area contributed by atoms with Crippen LogP contribution in [-0.2, 0) is 20.5 Å². The van der Waals surface area contributed by atoms with E-state index in [-0.39, 0.29) is 23.3 Å². The number of allylic oxidation sites excluding steroid dienone is 3. The molecule has 0 spiro atoms. The third kappa shape index (κ3) is 5.62. The Labute approximate surface area is 183 Å². The van der Waals surface area contributed by atoms with E-state index in [2.05, 4.69) is 4.74 Å². The van der Waals surface area contributed by atoms with Crippen molar-refractivity contribution in [2.45, 2.75) is 39.0 Å².